The van der Waals surface area contributed by atoms with E-state index >= 15 is 0 Å². The largest absolute Gasteiger partial charge is 0.469 e. The van der Waals surface area contributed by atoms with E-state index in [0.29, 0.717) is 6.42 Å². The zero-order valence-electron chi connectivity index (χ0n) is 9.36. The maximum absolute atomic E-state index is 11.1. The standard InChI is InChI=1S/C11H15NO4/c1-8(12-10(13)11(14)15-2)5-6-9-4-3-7-16-9/h3-4,7-8H,5-6H2,1-2H3,(H,12,13). The minimum absolute atomic E-state index is 0.100. The van der Waals surface area contributed by atoms with Crippen LogP contribution in [0.5, 0.6) is 0 Å². The lowest BCUT2D eigenvalue weighted by Crippen LogP contribution is -2.38. The fraction of sp³-hybridized carbons (Fsp3) is 0.455. The van der Waals surface area contributed by atoms with E-state index in [-0.39, 0.29) is 6.04 Å². The summed E-state index contributed by atoms with van der Waals surface area (Å²) in [5, 5.41) is 2.54. The minimum atomic E-state index is -0.871. The fourth-order valence-corrected chi connectivity index (χ4v) is 1.26. The highest BCUT2D eigenvalue weighted by Crippen LogP contribution is 2.05. The molecule has 0 aromatic carbocycles. The number of hydrogen-bond acceptors (Lipinski definition) is 4. The van der Waals surface area contributed by atoms with Gasteiger partial charge in [-0.1, -0.05) is 0 Å². The Morgan fingerprint density at radius 1 is 1.56 bits per heavy atom. The molecule has 1 N–H and O–H groups in total. The number of rotatable bonds is 4. The summed E-state index contributed by atoms with van der Waals surface area (Å²) < 4.78 is 9.45. The van der Waals surface area contributed by atoms with E-state index in [1.165, 1.54) is 7.11 Å². The lowest BCUT2D eigenvalue weighted by atomic mass is 10.1. The van der Waals surface area contributed by atoms with E-state index in [1.807, 2.05) is 19.1 Å². The van der Waals surface area contributed by atoms with Crippen LogP contribution in [0.2, 0.25) is 0 Å². The van der Waals surface area contributed by atoms with Crippen LogP contribution in [0.3, 0.4) is 0 Å². The van der Waals surface area contributed by atoms with Crippen molar-refractivity contribution in [3.63, 3.8) is 0 Å². The van der Waals surface area contributed by atoms with Crippen LogP contribution in [-0.2, 0) is 20.7 Å². The highest BCUT2D eigenvalue weighted by Gasteiger charge is 2.16. The van der Waals surface area contributed by atoms with Crippen molar-refractivity contribution in [1.29, 1.82) is 0 Å². The SMILES string of the molecule is COC(=O)C(=O)NC(C)CCc1ccco1. The van der Waals surface area contributed by atoms with E-state index in [2.05, 4.69) is 10.1 Å². The highest BCUT2D eigenvalue weighted by molar-refractivity contribution is 6.32. The van der Waals surface area contributed by atoms with Gasteiger partial charge >= 0.3 is 11.9 Å². The Kier molecular flexibility index (Phi) is 4.57. The van der Waals surface area contributed by atoms with Crippen molar-refractivity contribution >= 4 is 11.9 Å². The van der Waals surface area contributed by atoms with Gasteiger partial charge in [-0.3, -0.25) is 4.79 Å². The zero-order chi connectivity index (χ0) is 12.0. The van der Waals surface area contributed by atoms with Crippen LogP contribution < -0.4 is 5.32 Å². The molecular formula is C11H15NO4. The molecule has 1 aromatic heterocycles. The van der Waals surface area contributed by atoms with Gasteiger partial charge in [-0.05, 0) is 25.5 Å². The molecule has 1 amide bonds. The van der Waals surface area contributed by atoms with Gasteiger partial charge in [0, 0.05) is 12.5 Å². The van der Waals surface area contributed by atoms with Gasteiger partial charge in [0.25, 0.3) is 0 Å². The van der Waals surface area contributed by atoms with Crippen LogP contribution in [0.15, 0.2) is 22.8 Å². The van der Waals surface area contributed by atoms with Gasteiger partial charge < -0.3 is 14.5 Å². The number of carbonyl (C=O) groups is 2. The zero-order valence-corrected chi connectivity index (χ0v) is 9.36. The van der Waals surface area contributed by atoms with Crippen molar-refractivity contribution in [2.45, 2.75) is 25.8 Å². The summed E-state index contributed by atoms with van der Waals surface area (Å²) in [6, 6.07) is 3.58. The van der Waals surface area contributed by atoms with Crippen LogP contribution in [0.4, 0.5) is 0 Å². The van der Waals surface area contributed by atoms with E-state index in [4.69, 9.17) is 4.42 Å². The Morgan fingerprint density at radius 3 is 2.88 bits per heavy atom. The number of methoxy groups -OCH3 is 1. The summed E-state index contributed by atoms with van der Waals surface area (Å²) in [6.07, 6.45) is 3.03. The molecule has 0 spiro atoms. The summed E-state index contributed by atoms with van der Waals surface area (Å²) in [5.74, 6) is -0.724. The molecule has 1 rings (SSSR count). The normalized spacial score (nSPS) is 11.9. The third-order valence-electron chi connectivity index (χ3n) is 2.15. The molecule has 0 aliphatic carbocycles. The van der Waals surface area contributed by atoms with Gasteiger partial charge in [-0.15, -0.1) is 0 Å². The Hall–Kier alpha value is -1.78. The van der Waals surface area contributed by atoms with Gasteiger partial charge in [0.15, 0.2) is 0 Å². The molecule has 0 bridgehead atoms. The monoisotopic (exact) mass is 225 g/mol. The van der Waals surface area contributed by atoms with Crippen molar-refractivity contribution in [2.24, 2.45) is 0 Å². The number of carbonyl (C=O) groups excluding carboxylic acids is 2. The molecule has 0 radical (unpaired) electrons. The van der Waals surface area contributed by atoms with Gasteiger partial charge in [0.2, 0.25) is 0 Å². The number of esters is 1. The first-order valence-electron chi connectivity index (χ1n) is 5.04. The average molecular weight is 225 g/mol. The number of furan rings is 1. The summed E-state index contributed by atoms with van der Waals surface area (Å²) in [5.41, 5.74) is 0. The Labute approximate surface area is 93.8 Å². The van der Waals surface area contributed by atoms with Crippen molar-refractivity contribution in [3.05, 3.63) is 24.2 Å². The number of hydrogen-bond donors (Lipinski definition) is 1. The minimum Gasteiger partial charge on any atom is -0.469 e. The van der Waals surface area contributed by atoms with Crippen molar-refractivity contribution < 1.29 is 18.7 Å². The van der Waals surface area contributed by atoms with Gasteiger partial charge in [0.05, 0.1) is 13.4 Å². The van der Waals surface area contributed by atoms with Gasteiger partial charge in [-0.2, -0.15) is 0 Å². The molecule has 0 fully saturated rings. The van der Waals surface area contributed by atoms with Crippen LogP contribution >= 0.6 is 0 Å². The molecule has 1 aromatic rings. The summed E-state index contributed by atoms with van der Waals surface area (Å²) in [4.78, 5) is 22.0. The first-order chi connectivity index (χ1) is 7.63. The maximum atomic E-state index is 11.1. The molecule has 0 aliphatic heterocycles. The number of aryl methyl sites for hydroxylation is 1. The lowest BCUT2D eigenvalue weighted by Gasteiger charge is -2.11. The number of amides is 1. The van der Waals surface area contributed by atoms with Crippen LogP contribution in [-0.4, -0.2) is 25.0 Å². The summed E-state index contributed by atoms with van der Waals surface area (Å²) >= 11 is 0. The molecule has 0 saturated carbocycles. The third-order valence-corrected chi connectivity index (χ3v) is 2.15. The molecule has 16 heavy (non-hydrogen) atoms. The molecule has 0 saturated heterocycles. The molecule has 5 nitrogen and oxygen atoms in total. The highest BCUT2D eigenvalue weighted by atomic mass is 16.5. The molecule has 1 unspecified atom stereocenters. The van der Waals surface area contributed by atoms with Crippen molar-refractivity contribution in [2.75, 3.05) is 7.11 Å². The second-order valence-corrected chi connectivity index (χ2v) is 3.48. The van der Waals surface area contributed by atoms with E-state index in [9.17, 15) is 9.59 Å². The van der Waals surface area contributed by atoms with E-state index in [1.54, 1.807) is 6.26 Å². The first kappa shape index (κ1) is 12.3. The second-order valence-electron chi connectivity index (χ2n) is 3.48. The Bertz CT molecular complexity index is 345. The van der Waals surface area contributed by atoms with Crippen LogP contribution in [0.1, 0.15) is 19.1 Å². The van der Waals surface area contributed by atoms with Crippen LogP contribution in [0, 0.1) is 0 Å². The van der Waals surface area contributed by atoms with Gasteiger partial charge in [0.1, 0.15) is 5.76 Å². The topological polar surface area (TPSA) is 68.5 Å². The maximum Gasteiger partial charge on any atom is 0.396 e. The summed E-state index contributed by atoms with van der Waals surface area (Å²) in [7, 11) is 1.18. The lowest BCUT2D eigenvalue weighted by molar-refractivity contribution is -0.153. The quantitative estimate of drug-likeness (QED) is 0.610. The summed E-state index contributed by atoms with van der Waals surface area (Å²) in [6.45, 7) is 1.82. The van der Waals surface area contributed by atoms with Gasteiger partial charge in [-0.25, -0.2) is 4.79 Å². The predicted molar refractivity (Wildman–Crippen MR) is 56.6 cm³/mol. The first-order valence-corrected chi connectivity index (χ1v) is 5.04. The number of ether oxygens (including phenoxy) is 1. The van der Waals surface area contributed by atoms with E-state index < -0.39 is 11.9 Å². The smallest absolute Gasteiger partial charge is 0.396 e. The number of nitrogens with one attached hydrogen (secondary N) is 1. The Balaban J connectivity index is 2.28. The Morgan fingerprint density at radius 2 is 2.31 bits per heavy atom. The molecule has 1 atom stereocenters. The predicted octanol–water partition coefficient (Wildman–Crippen LogP) is 0.890. The molecule has 0 aliphatic rings. The molecular weight excluding hydrogens is 210 g/mol. The van der Waals surface area contributed by atoms with Crippen LogP contribution in [0.25, 0.3) is 0 Å². The van der Waals surface area contributed by atoms with E-state index in [0.717, 1.165) is 12.2 Å². The third kappa shape index (κ3) is 3.76. The molecule has 88 valence electrons. The fourth-order valence-electron chi connectivity index (χ4n) is 1.26. The van der Waals surface area contributed by atoms with Crippen molar-refractivity contribution in [3.8, 4) is 0 Å². The molecule has 1 heterocycles. The van der Waals surface area contributed by atoms with Crippen molar-refractivity contribution in [1.82, 2.24) is 5.32 Å². The molecule has 5 heteroatoms. The second kappa shape index (κ2) is 5.95. The average Bonchev–Trinajstić information content (AvgIpc) is 2.78.